The van der Waals surface area contributed by atoms with Gasteiger partial charge in [0.15, 0.2) is 11.4 Å². The maximum absolute atomic E-state index is 13.1. The lowest BCUT2D eigenvalue weighted by molar-refractivity contribution is 0.296. The maximum atomic E-state index is 13.1. The van der Waals surface area contributed by atoms with Gasteiger partial charge in [0.1, 0.15) is 9.84 Å². The number of aryl methyl sites for hydroxylation is 2. The summed E-state index contributed by atoms with van der Waals surface area (Å²) in [6.45, 7) is 6.21. The van der Waals surface area contributed by atoms with Crippen LogP contribution < -0.4 is 15.2 Å². The average Bonchev–Trinajstić information content (AvgIpc) is 3.11. The standard InChI is InChI=1S/C25H28N4O5S/c1-6-34-24-22(33-4)10-9-19(27-24)21(14-35(5,31)32)29-23-20(28-25(29)30)12-17(13-26-23)18-8-7-15(2)11-16(18)3/h7-13,21H,6,14H2,1-5H3,(H,28,30). The molecule has 1 aromatic carbocycles. The van der Waals surface area contributed by atoms with Crippen LogP contribution in [0.4, 0.5) is 0 Å². The van der Waals surface area contributed by atoms with Crippen molar-refractivity contribution in [2.45, 2.75) is 26.8 Å². The summed E-state index contributed by atoms with van der Waals surface area (Å²) < 4.78 is 36.9. The van der Waals surface area contributed by atoms with E-state index in [1.807, 2.05) is 39.0 Å². The topological polar surface area (TPSA) is 116 Å². The maximum Gasteiger partial charge on any atom is 0.328 e. The fourth-order valence-electron chi connectivity index (χ4n) is 4.19. The molecule has 0 aliphatic heterocycles. The number of aromatic amines is 1. The largest absolute Gasteiger partial charge is 0.491 e. The third-order valence-corrected chi connectivity index (χ3v) is 6.63. The van der Waals surface area contributed by atoms with Gasteiger partial charge in [-0.25, -0.2) is 23.2 Å². The van der Waals surface area contributed by atoms with E-state index in [4.69, 9.17) is 9.47 Å². The van der Waals surface area contributed by atoms with Crippen molar-refractivity contribution in [3.05, 3.63) is 69.9 Å². The number of aromatic nitrogens is 4. The van der Waals surface area contributed by atoms with Gasteiger partial charge in [0.25, 0.3) is 5.88 Å². The summed E-state index contributed by atoms with van der Waals surface area (Å²) in [6, 6.07) is 10.3. The number of methoxy groups -OCH3 is 1. The molecule has 0 radical (unpaired) electrons. The van der Waals surface area contributed by atoms with Crippen molar-refractivity contribution in [3.63, 3.8) is 0 Å². The summed E-state index contributed by atoms with van der Waals surface area (Å²) >= 11 is 0. The Bertz CT molecular complexity index is 1560. The fraction of sp³-hybridized carbons (Fsp3) is 0.320. The van der Waals surface area contributed by atoms with E-state index in [1.54, 1.807) is 18.3 Å². The first-order chi connectivity index (χ1) is 16.6. The van der Waals surface area contributed by atoms with E-state index in [0.29, 0.717) is 29.2 Å². The number of fused-ring (bicyclic) bond motifs is 1. The zero-order chi connectivity index (χ0) is 25.3. The van der Waals surface area contributed by atoms with Gasteiger partial charge < -0.3 is 14.5 Å². The molecule has 0 aliphatic rings. The van der Waals surface area contributed by atoms with Crippen LogP contribution in [0, 0.1) is 13.8 Å². The monoisotopic (exact) mass is 496 g/mol. The van der Waals surface area contributed by atoms with E-state index < -0.39 is 21.6 Å². The first-order valence-electron chi connectivity index (χ1n) is 11.1. The molecule has 0 amide bonds. The van der Waals surface area contributed by atoms with Gasteiger partial charge >= 0.3 is 5.69 Å². The lowest BCUT2D eigenvalue weighted by Crippen LogP contribution is -2.29. The Morgan fingerprint density at radius 3 is 2.57 bits per heavy atom. The van der Waals surface area contributed by atoms with Gasteiger partial charge in [-0.3, -0.25) is 4.57 Å². The number of imidazole rings is 1. The molecule has 184 valence electrons. The second kappa shape index (κ2) is 9.53. The van der Waals surface area contributed by atoms with Crippen LogP contribution in [0.3, 0.4) is 0 Å². The number of nitrogens with zero attached hydrogens (tertiary/aromatic N) is 3. The Morgan fingerprint density at radius 2 is 1.91 bits per heavy atom. The van der Waals surface area contributed by atoms with Crippen LogP contribution in [0.5, 0.6) is 11.6 Å². The Labute approximate surface area is 203 Å². The zero-order valence-electron chi connectivity index (χ0n) is 20.3. The zero-order valence-corrected chi connectivity index (χ0v) is 21.1. The molecule has 35 heavy (non-hydrogen) atoms. The van der Waals surface area contributed by atoms with Gasteiger partial charge in [-0.1, -0.05) is 23.8 Å². The van der Waals surface area contributed by atoms with E-state index in [1.165, 1.54) is 11.7 Å². The lowest BCUT2D eigenvalue weighted by atomic mass is 10.00. The molecule has 3 heterocycles. The van der Waals surface area contributed by atoms with Crippen molar-refractivity contribution < 1.29 is 17.9 Å². The highest BCUT2D eigenvalue weighted by Gasteiger charge is 2.27. The minimum absolute atomic E-state index is 0.226. The van der Waals surface area contributed by atoms with E-state index in [9.17, 15) is 13.2 Å². The molecule has 0 saturated heterocycles. The van der Waals surface area contributed by atoms with E-state index in [-0.39, 0.29) is 11.6 Å². The molecule has 9 nitrogen and oxygen atoms in total. The predicted molar refractivity (Wildman–Crippen MR) is 135 cm³/mol. The number of hydrogen-bond donors (Lipinski definition) is 1. The predicted octanol–water partition coefficient (Wildman–Crippen LogP) is 3.44. The molecule has 1 unspecified atom stereocenters. The second-order valence-electron chi connectivity index (χ2n) is 8.50. The number of H-pyrrole nitrogens is 1. The molecular weight excluding hydrogens is 468 g/mol. The quantitative estimate of drug-likeness (QED) is 0.397. The molecule has 10 heteroatoms. The molecule has 0 saturated carbocycles. The summed E-state index contributed by atoms with van der Waals surface area (Å²) in [5, 5.41) is 0. The van der Waals surface area contributed by atoms with E-state index >= 15 is 0 Å². The normalized spacial score (nSPS) is 12.6. The molecule has 1 N–H and O–H groups in total. The summed E-state index contributed by atoms with van der Waals surface area (Å²) in [4.78, 5) is 25.0. The van der Waals surface area contributed by atoms with Gasteiger partial charge in [0, 0.05) is 18.0 Å². The first kappa shape index (κ1) is 24.5. The van der Waals surface area contributed by atoms with Crippen molar-refractivity contribution in [3.8, 4) is 22.8 Å². The van der Waals surface area contributed by atoms with Crippen LogP contribution in [0.25, 0.3) is 22.3 Å². The van der Waals surface area contributed by atoms with Crippen LogP contribution in [0.1, 0.15) is 29.8 Å². The number of sulfone groups is 1. The number of pyridine rings is 2. The summed E-state index contributed by atoms with van der Waals surface area (Å²) in [5.74, 6) is 0.297. The van der Waals surface area contributed by atoms with Crippen molar-refractivity contribution in [2.75, 3.05) is 25.7 Å². The van der Waals surface area contributed by atoms with Crippen LogP contribution in [-0.4, -0.2) is 53.7 Å². The van der Waals surface area contributed by atoms with Crippen molar-refractivity contribution >= 4 is 21.0 Å². The van der Waals surface area contributed by atoms with Crippen molar-refractivity contribution in [1.82, 2.24) is 19.5 Å². The minimum Gasteiger partial charge on any atom is -0.491 e. The molecule has 0 fully saturated rings. The highest BCUT2D eigenvalue weighted by Crippen LogP contribution is 2.30. The SMILES string of the molecule is CCOc1nc(C(CS(C)(=O)=O)n2c(=O)[nH]c3cc(-c4ccc(C)cc4C)cnc32)ccc1OC. The summed E-state index contributed by atoms with van der Waals surface area (Å²) in [5.41, 5.74) is 4.82. The Balaban J connectivity index is 1.88. The molecule has 3 aromatic heterocycles. The van der Waals surface area contributed by atoms with Crippen LogP contribution in [0.15, 0.2) is 47.4 Å². The first-order valence-corrected chi connectivity index (χ1v) is 13.2. The highest BCUT2D eigenvalue weighted by atomic mass is 32.2. The third kappa shape index (κ3) is 5.07. The van der Waals surface area contributed by atoms with Crippen LogP contribution in [-0.2, 0) is 9.84 Å². The fourth-order valence-corrected chi connectivity index (χ4v) is 5.08. The van der Waals surface area contributed by atoms with Crippen molar-refractivity contribution in [1.29, 1.82) is 0 Å². The van der Waals surface area contributed by atoms with Crippen LogP contribution >= 0.6 is 0 Å². The van der Waals surface area contributed by atoms with E-state index in [0.717, 1.165) is 28.5 Å². The summed E-state index contributed by atoms with van der Waals surface area (Å²) in [6.07, 6.45) is 2.81. The molecule has 0 spiro atoms. The Kier molecular flexibility index (Phi) is 6.66. The van der Waals surface area contributed by atoms with Gasteiger partial charge in [-0.05, 0) is 50.1 Å². The molecule has 4 aromatic rings. The number of rotatable bonds is 8. The lowest BCUT2D eigenvalue weighted by Gasteiger charge is -2.19. The number of nitrogens with one attached hydrogen (secondary N) is 1. The Morgan fingerprint density at radius 1 is 1.14 bits per heavy atom. The average molecular weight is 497 g/mol. The van der Waals surface area contributed by atoms with Gasteiger partial charge in [0.2, 0.25) is 0 Å². The second-order valence-corrected chi connectivity index (χ2v) is 10.7. The third-order valence-electron chi connectivity index (χ3n) is 5.71. The van der Waals surface area contributed by atoms with E-state index in [2.05, 4.69) is 21.0 Å². The molecule has 4 rings (SSSR count). The summed E-state index contributed by atoms with van der Waals surface area (Å²) in [7, 11) is -2.00. The number of ether oxygens (including phenoxy) is 2. The van der Waals surface area contributed by atoms with Gasteiger partial charge in [0.05, 0.1) is 36.7 Å². The Hall–Kier alpha value is -3.66. The number of hydrogen-bond acceptors (Lipinski definition) is 7. The molecular formula is C25H28N4O5S. The number of benzene rings is 1. The smallest absolute Gasteiger partial charge is 0.328 e. The molecule has 0 bridgehead atoms. The highest BCUT2D eigenvalue weighted by molar-refractivity contribution is 7.90. The van der Waals surface area contributed by atoms with Crippen molar-refractivity contribution in [2.24, 2.45) is 0 Å². The van der Waals surface area contributed by atoms with Gasteiger partial charge in [-0.15, -0.1) is 0 Å². The molecule has 0 aliphatic carbocycles. The minimum atomic E-state index is -3.50. The van der Waals surface area contributed by atoms with Gasteiger partial charge in [-0.2, -0.15) is 0 Å². The van der Waals surface area contributed by atoms with Crippen LogP contribution in [0.2, 0.25) is 0 Å². The molecule has 1 atom stereocenters.